The van der Waals surface area contributed by atoms with Crippen LogP contribution >= 0.6 is 0 Å². The first-order chi connectivity index (χ1) is 12.7. The van der Waals surface area contributed by atoms with Gasteiger partial charge in [0.2, 0.25) is 0 Å². The van der Waals surface area contributed by atoms with E-state index in [-0.39, 0.29) is 30.6 Å². The van der Waals surface area contributed by atoms with Crippen LogP contribution in [0.4, 0.5) is 0 Å². The van der Waals surface area contributed by atoms with Gasteiger partial charge in [0.1, 0.15) is 6.10 Å². The Labute approximate surface area is 155 Å². The number of benzene rings is 2. The Morgan fingerprint density at radius 1 is 0.846 bits per heavy atom. The van der Waals surface area contributed by atoms with Crippen LogP contribution in [-0.4, -0.2) is 24.6 Å². The highest BCUT2D eigenvalue weighted by atomic mass is 16.6. The van der Waals surface area contributed by atoms with Crippen molar-refractivity contribution in [3.05, 3.63) is 71.8 Å². The zero-order chi connectivity index (χ0) is 18.8. The third-order valence-electron chi connectivity index (χ3n) is 4.29. The van der Waals surface area contributed by atoms with Crippen LogP contribution in [0.25, 0.3) is 0 Å². The molecule has 0 aliphatic carbocycles. The number of rotatable bonds is 9. The lowest BCUT2D eigenvalue weighted by molar-refractivity contribution is -0.00737. The minimum Gasteiger partial charge on any atom is -0.462 e. The topological polar surface area (TPSA) is 52.6 Å². The van der Waals surface area contributed by atoms with Gasteiger partial charge < -0.3 is 9.47 Å². The van der Waals surface area contributed by atoms with Crippen molar-refractivity contribution in [1.82, 2.24) is 0 Å². The molecule has 2 aromatic carbocycles. The summed E-state index contributed by atoms with van der Waals surface area (Å²) >= 11 is 0. The molecule has 2 rings (SSSR count). The zero-order valence-electron chi connectivity index (χ0n) is 15.4. The summed E-state index contributed by atoms with van der Waals surface area (Å²) in [4.78, 5) is 24.5. The predicted molar refractivity (Wildman–Crippen MR) is 101 cm³/mol. The lowest BCUT2D eigenvalue weighted by Crippen LogP contribution is -2.30. The summed E-state index contributed by atoms with van der Waals surface area (Å²) < 4.78 is 11.2. The molecular weight excluding hydrogens is 328 g/mol. The molecule has 0 N–H and O–H groups in total. The van der Waals surface area contributed by atoms with E-state index in [4.69, 9.17) is 9.47 Å². The van der Waals surface area contributed by atoms with Gasteiger partial charge in [0.15, 0.2) is 0 Å². The van der Waals surface area contributed by atoms with Gasteiger partial charge in [-0.2, -0.15) is 0 Å². The fourth-order valence-corrected chi connectivity index (χ4v) is 2.88. The summed E-state index contributed by atoms with van der Waals surface area (Å²) in [5, 5.41) is 0. The summed E-state index contributed by atoms with van der Waals surface area (Å²) in [6.45, 7) is 4.28. The summed E-state index contributed by atoms with van der Waals surface area (Å²) in [5.41, 5.74) is 1.06. The molecule has 0 amide bonds. The Morgan fingerprint density at radius 3 is 1.88 bits per heavy atom. The summed E-state index contributed by atoms with van der Waals surface area (Å²) in [7, 11) is 0. The van der Waals surface area contributed by atoms with E-state index in [2.05, 4.69) is 6.92 Å². The van der Waals surface area contributed by atoms with Crippen molar-refractivity contribution in [3.63, 3.8) is 0 Å². The van der Waals surface area contributed by atoms with Crippen molar-refractivity contribution in [2.75, 3.05) is 6.61 Å². The molecule has 0 spiro atoms. The van der Waals surface area contributed by atoms with Gasteiger partial charge in [-0.3, -0.25) is 0 Å². The molecule has 0 saturated carbocycles. The minimum atomic E-state index is -0.351. The lowest BCUT2D eigenvalue weighted by atomic mass is 9.96. The van der Waals surface area contributed by atoms with E-state index in [1.165, 1.54) is 0 Å². The molecule has 0 aromatic heterocycles. The van der Waals surface area contributed by atoms with Crippen LogP contribution in [0.5, 0.6) is 0 Å². The van der Waals surface area contributed by atoms with E-state index in [9.17, 15) is 9.59 Å². The SMILES string of the molecule is CCCC(COC(=O)c1ccccc1)C(CC)OC(=O)c1ccccc1. The number of esters is 2. The van der Waals surface area contributed by atoms with Crippen molar-refractivity contribution in [2.45, 2.75) is 39.2 Å². The molecular formula is C22H26O4. The largest absolute Gasteiger partial charge is 0.462 e. The van der Waals surface area contributed by atoms with Crippen LogP contribution in [0, 0.1) is 5.92 Å². The van der Waals surface area contributed by atoms with Crippen molar-refractivity contribution in [3.8, 4) is 0 Å². The van der Waals surface area contributed by atoms with Crippen LogP contribution < -0.4 is 0 Å². The molecule has 0 saturated heterocycles. The predicted octanol–water partition coefficient (Wildman–Crippen LogP) is 4.90. The van der Waals surface area contributed by atoms with Gasteiger partial charge in [-0.15, -0.1) is 0 Å². The molecule has 2 atom stereocenters. The van der Waals surface area contributed by atoms with Gasteiger partial charge in [0.05, 0.1) is 17.7 Å². The maximum atomic E-state index is 12.4. The molecule has 4 heteroatoms. The summed E-state index contributed by atoms with van der Waals surface area (Å²) in [6.07, 6.45) is 2.13. The molecule has 0 heterocycles. The lowest BCUT2D eigenvalue weighted by Gasteiger charge is -2.26. The fourth-order valence-electron chi connectivity index (χ4n) is 2.88. The first kappa shape index (κ1) is 19.7. The number of hydrogen-bond donors (Lipinski definition) is 0. The Balaban J connectivity index is 1.98. The van der Waals surface area contributed by atoms with Crippen LogP contribution in [0.2, 0.25) is 0 Å². The Kier molecular flexibility index (Phi) is 7.87. The van der Waals surface area contributed by atoms with Gasteiger partial charge in [-0.1, -0.05) is 56.7 Å². The van der Waals surface area contributed by atoms with Crippen molar-refractivity contribution in [1.29, 1.82) is 0 Å². The van der Waals surface area contributed by atoms with Crippen LogP contribution in [0.1, 0.15) is 53.8 Å². The van der Waals surface area contributed by atoms with Crippen LogP contribution in [-0.2, 0) is 9.47 Å². The molecule has 2 aromatic rings. The van der Waals surface area contributed by atoms with E-state index in [0.717, 1.165) is 12.8 Å². The zero-order valence-corrected chi connectivity index (χ0v) is 15.4. The first-order valence-corrected chi connectivity index (χ1v) is 9.13. The van der Waals surface area contributed by atoms with Gasteiger partial charge in [0.25, 0.3) is 0 Å². The summed E-state index contributed by atoms with van der Waals surface area (Å²) in [5.74, 6) is -0.714. The van der Waals surface area contributed by atoms with Crippen LogP contribution in [0.3, 0.4) is 0 Å². The fraction of sp³-hybridized carbons (Fsp3) is 0.364. The minimum absolute atomic E-state index is 0.0228. The van der Waals surface area contributed by atoms with Gasteiger partial charge in [0, 0.05) is 5.92 Å². The monoisotopic (exact) mass is 354 g/mol. The third kappa shape index (κ3) is 5.73. The maximum Gasteiger partial charge on any atom is 0.338 e. The van der Waals surface area contributed by atoms with E-state index >= 15 is 0 Å². The number of hydrogen-bond acceptors (Lipinski definition) is 4. The number of carbonyl (C=O) groups is 2. The van der Waals surface area contributed by atoms with E-state index < -0.39 is 0 Å². The molecule has 138 valence electrons. The standard InChI is InChI=1S/C22H26O4/c1-3-11-19(16-25-21(23)17-12-7-5-8-13-17)20(4-2)26-22(24)18-14-9-6-10-15-18/h5-10,12-15,19-20H,3-4,11,16H2,1-2H3. The van der Waals surface area contributed by atoms with Crippen LogP contribution in [0.15, 0.2) is 60.7 Å². The smallest absolute Gasteiger partial charge is 0.338 e. The molecule has 0 aliphatic rings. The average Bonchev–Trinajstić information content (AvgIpc) is 2.70. The van der Waals surface area contributed by atoms with Gasteiger partial charge in [-0.05, 0) is 37.1 Å². The normalized spacial score (nSPS) is 12.8. The molecule has 0 radical (unpaired) electrons. The van der Waals surface area contributed by atoms with Crippen molar-refractivity contribution < 1.29 is 19.1 Å². The highest BCUT2D eigenvalue weighted by molar-refractivity contribution is 5.89. The first-order valence-electron chi connectivity index (χ1n) is 9.13. The average molecular weight is 354 g/mol. The maximum absolute atomic E-state index is 12.4. The molecule has 0 fully saturated rings. The Bertz CT molecular complexity index is 682. The second-order valence-corrected chi connectivity index (χ2v) is 6.23. The third-order valence-corrected chi connectivity index (χ3v) is 4.29. The summed E-state index contributed by atoms with van der Waals surface area (Å²) in [6, 6.07) is 17.9. The number of ether oxygens (including phenoxy) is 2. The van der Waals surface area contributed by atoms with E-state index in [1.54, 1.807) is 36.4 Å². The van der Waals surface area contributed by atoms with Crippen molar-refractivity contribution >= 4 is 11.9 Å². The Hall–Kier alpha value is -2.62. The molecule has 0 bridgehead atoms. The van der Waals surface area contributed by atoms with E-state index in [0.29, 0.717) is 17.5 Å². The van der Waals surface area contributed by atoms with E-state index in [1.807, 2.05) is 31.2 Å². The molecule has 0 aliphatic heterocycles. The molecule has 2 unspecified atom stereocenters. The van der Waals surface area contributed by atoms with Gasteiger partial charge in [-0.25, -0.2) is 9.59 Å². The molecule has 26 heavy (non-hydrogen) atoms. The highest BCUT2D eigenvalue weighted by Gasteiger charge is 2.25. The van der Waals surface area contributed by atoms with Crippen molar-refractivity contribution in [2.24, 2.45) is 5.92 Å². The second kappa shape index (κ2) is 10.4. The molecule has 4 nitrogen and oxygen atoms in total. The highest BCUT2D eigenvalue weighted by Crippen LogP contribution is 2.20. The Morgan fingerprint density at radius 2 is 1.38 bits per heavy atom. The van der Waals surface area contributed by atoms with Gasteiger partial charge >= 0.3 is 11.9 Å². The quantitative estimate of drug-likeness (QED) is 0.601. The number of carbonyl (C=O) groups excluding carboxylic acids is 2. The second-order valence-electron chi connectivity index (χ2n) is 6.23.